The van der Waals surface area contributed by atoms with E-state index >= 15 is 0 Å². The van der Waals surface area contributed by atoms with Gasteiger partial charge in [-0.3, -0.25) is 4.98 Å². The molecule has 2 N–H and O–H groups in total. The van der Waals surface area contributed by atoms with Crippen molar-refractivity contribution < 1.29 is 4.74 Å². The largest absolute Gasteiger partial charge is 0.379 e. The Balaban J connectivity index is 1.74. The van der Waals surface area contributed by atoms with Crippen molar-refractivity contribution in [2.75, 3.05) is 31.7 Å². The zero-order chi connectivity index (χ0) is 12.1. The second-order valence-corrected chi connectivity index (χ2v) is 4.51. The smallest absolute Gasteiger partial charge is 0.147 e. The van der Waals surface area contributed by atoms with Crippen molar-refractivity contribution >= 4 is 5.82 Å². The number of rotatable bonds is 7. The maximum atomic E-state index is 5.59. The lowest BCUT2D eigenvalue weighted by Gasteiger charge is -2.18. The summed E-state index contributed by atoms with van der Waals surface area (Å²) >= 11 is 0. The molecule has 1 fully saturated rings. The Labute approximate surface area is 102 Å². The predicted octanol–water partition coefficient (Wildman–Crippen LogP) is 0.798. The summed E-state index contributed by atoms with van der Waals surface area (Å²) < 4.78 is 5.59. The van der Waals surface area contributed by atoms with Crippen LogP contribution in [0.1, 0.15) is 18.5 Å². The lowest BCUT2D eigenvalue weighted by Crippen LogP contribution is -2.24. The van der Waals surface area contributed by atoms with Crippen molar-refractivity contribution in [3.63, 3.8) is 0 Å². The molecule has 0 amide bonds. The minimum Gasteiger partial charge on any atom is -0.379 e. The van der Waals surface area contributed by atoms with Crippen LogP contribution in [0.2, 0.25) is 0 Å². The Morgan fingerprint density at radius 1 is 1.47 bits per heavy atom. The zero-order valence-electron chi connectivity index (χ0n) is 10.3. The molecule has 1 aromatic rings. The van der Waals surface area contributed by atoms with Crippen LogP contribution in [0.5, 0.6) is 0 Å². The summed E-state index contributed by atoms with van der Waals surface area (Å²) in [5.41, 5.74) is 6.35. The normalized spacial score (nSPS) is 14.9. The molecule has 0 spiro atoms. The second kappa shape index (κ2) is 5.93. The van der Waals surface area contributed by atoms with Crippen molar-refractivity contribution in [3.05, 3.63) is 18.1 Å². The molecule has 1 heterocycles. The molecular formula is C12H20N4O. The van der Waals surface area contributed by atoms with Gasteiger partial charge in [-0.25, -0.2) is 4.98 Å². The summed E-state index contributed by atoms with van der Waals surface area (Å²) in [7, 11) is 1.99. The van der Waals surface area contributed by atoms with Gasteiger partial charge in [0.2, 0.25) is 0 Å². The molecule has 5 heteroatoms. The van der Waals surface area contributed by atoms with Crippen molar-refractivity contribution in [1.29, 1.82) is 0 Å². The molecule has 2 rings (SSSR count). The summed E-state index contributed by atoms with van der Waals surface area (Å²) in [6.07, 6.45) is 6.11. The van der Waals surface area contributed by atoms with Crippen LogP contribution in [-0.2, 0) is 11.3 Å². The van der Waals surface area contributed by atoms with Gasteiger partial charge in [-0.05, 0) is 18.8 Å². The van der Waals surface area contributed by atoms with Crippen molar-refractivity contribution in [2.24, 2.45) is 11.7 Å². The second-order valence-electron chi connectivity index (χ2n) is 4.51. The minimum atomic E-state index is 0.423. The molecule has 0 unspecified atom stereocenters. The van der Waals surface area contributed by atoms with Crippen molar-refractivity contribution in [2.45, 2.75) is 19.4 Å². The molecule has 1 aliphatic rings. The number of aromatic nitrogens is 2. The van der Waals surface area contributed by atoms with Gasteiger partial charge < -0.3 is 15.4 Å². The number of anilines is 1. The Bertz CT molecular complexity index is 354. The third-order valence-electron chi connectivity index (χ3n) is 2.89. The molecule has 1 saturated carbocycles. The number of nitrogens with zero attached hydrogens (tertiary/aromatic N) is 3. The molecular weight excluding hydrogens is 216 g/mol. The minimum absolute atomic E-state index is 0.423. The summed E-state index contributed by atoms with van der Waals surface area (Å²) in [6.45, 7) is 2.90. The van der Waals surface area contributed by atoms with E-state index in [0.717, 1.165) is 37.2 Å². The van der Waals surface area contributed by atoms with Crippen LogP contribution >= 0.6 is 0 Å². The number of ether oxygens (including phenoxy) is 1. The summed E-state index contributed by atoms with van der Waals surface area (Å²) in [4.78, 5) is 10.6. The molecule has 0 aromatic carbocycles. The lowest BCUT2D eigenvalue weighted by molar-refractivity contribution is 0.131. The first-order valence-electron chi connectivity index (χ1n) is 6.09. The van der Waals surface area contributed by atoms with Crippen molar-refractivity contribution in [3.8, 4) is 0 Å². The van der Waals surface area contributed by atoms with Crippen LogP contribution in [0.4, 0.5) is 5.82 Å². The lowest BCUT2D eigenvalue weighted by atomic mass is 10.4. The SMILES string of the molecule is CN(CCOCC1CC1)c1cncc(CN)n1. The highest BCUT2D eigenvalue weighted by Crippen LogP contribution is 2.28. The first-order valence-corrected chi connectivity index (χ1v) is 6.09. The molecule has 94 valence electrons. The summed E-state index contributed by atoms with van der Waals surface area (Å²) in [5.74, 6) is 1.67. The number of likely N-dealkylation sites (N-methyl/N-ethyl adjacent to an activating group) is 1. The zero-order valence-corrected chi connectivity index (χ0v) is 10.3. The molecule has 0 aliphatic heterocycles. The summed E-state index contributed by atoms with van der Waals surface area (Å²) in [6, 6.07) is 0. The standard InChI is InChI=1S/C12H20N4O/c1-16(4-5-17-9-10-2-3-10)12-8-14-7-11(6-13)15-12/h7-8,10H,2-6,9,13H2,1H3. The number of hydrogen-bond donors (Lipinski definition) is 1. The molecule has 0 bridgehead atoms. The molecule has 0 saturated heterocycles. The quantitative estimate of drug-likeness (QED) is 0.709. The van der Waals surface area contributed by atoms with Crippen LogP contribution in [0, 0.1) is 5.92 Å². The van der Waals surface area contributed by atoms with Gasteiger partial charge in [0, 0.05) is 32.9 Å². The Morgan fingerprint density at radius 2 is 2.29 bits per heavy atom. The molecule has 17 heavy (non-hydrogen) atoms. The van der Waals surface area contributed by atoms with Crippen LogP contribution in [0.25, 0.3) is 0 Å². The fourth-order valence-corrected chi connectivity index (χ4v) is 1.53. The van der Waals surface area contributed by atoms with Gasteiger partial charge in [-0.15, -0.1) is 0 Å². The van der Waals surface area contributed by atoms with E-state index in [1.54, 1.807) is 12.4 Å². The van der Waals surface area contributed by atoms with E-state index in [1.165, 1.54) is 12.8 Å². The van der Waals surface area contributed by atoms with Gasteiger partial charge >= 0.3 is 0 Å². The molecule has 1 aliphatic carbocycles. The van der Waals surface area contributed by atoms with Gasteiger partial charge in [0.15, 0.2) is 0 Å². The third kappa shape index (κ3) is 3.94. The first-order chi connectivity index (χ1) is 8.29. The fraction of sp³-hybridized carbons (Fsp3) is 0.667. The van der Waals surface area contributed by atoms with Crippen LogP contribution in [0.15, 0.2) is 12.4 Å². The highest BCUT2D eigenvalue weighted by atomic mass is 16.5. The fourth-order valence-electron chi connectivity index (χ4n) is 1.53. The third-order valence-corrected chi connectivity index (χ3v) is 2.89. The van der Waals surface area contributed by atoms with Gasteiger partial charge in [-0.1, -0.05) is 0 Å². The predicted molar refractivity (Wildman–Crippen MR) is 66.7 cm³/mol. The number of hydrogen-bond acceptors (Lipinski definition) is 5. The maximum absolute atomic E-state index is 5.59. The first kappa shape index (κ1) is 12.3. The van der Waals surface area contributed by atoms with Crippen molar-refractivity contribution in [1.82, 2.24) is 9.97 Å². The van der Waals surface area contributed by atoms with Crippen LogP contribution < -0.4 is 10.6 Å². The maximum Gasteiger partial charge on any atom is 0.147 e. The van der Waals surface area contributed by atoms with Gasteiger partial charge in [-0.2, -0.15) is 0 Å². The Kier molecular flexibility index (Phi) is 4.28. The van der Waals surface area contributed by atoms with E-state index in [2.05, 4.69) is 9.97 Å². The van der Waals surface area contributed by atoms with E-state index in [1.807, 2.05) is 11.9 Å². The average molecular weight is 236 g/mol. The Morgan fingerprint density at radius 3 is 3.00 bits per heavy atom. The van der Waals surface area contributed by atoms with E-state index < -0.39 is 0 Å². The molecule has 5 nitrogen and oxygen atoms in total. The van der Waals surface area contributed by atoms with E-state index in [-0.39, 0.29) is 0 Å². The average Bonchev–Trinajstić information content (AvgIpc) is 3.18. The van der Waals surface area contributed by atoms with Gasteiger partial charge in [0.05, 0.1) is 18.5 Å². The van der Waals surface area contributed by atoms with E-state index in [9.17, 15) is 0 Å². The van der Waals surface area contributed by atoms with Crippen LogP contribution in [0.3, 0.4) is 0 Å². The topological polar surface area (TPSA) is 64.3 Å². The molecule has 0 atom stereocenters. The summed E-state index contributed by atoms with van der Waals surface area (Å²) in [5, 5.41) is 0. The van der Waals surface area contributed by atoms with E-state index in [4.69, 9.17) is 10.5 Å². The van der Waals surface area contributed by atoms with Gasteiger partial charge in [0.25, 0.3) is 0 Å². The number of nitrogens with two attached hydrogens (primary N) is 1. The highest BCUT2D eigenvalue weighted by Gasteiger charge is 2.20. The molecule has 0 radical (unpaired) electrons. The highest BCUT2D eigenvalue weighted by molar-refractivity contribution is 5.34. The van der Waals surface area contributed by atoms with Crippen LogP contribution in [-0.4, -0.2) is 36.8 Å². The Hall–Kier alpha value is -1.20. The van der Waals surface area contributed by atoms with Gasteiger partial charge in [0.1, 0.15) is 5.82 Å². The monoisotopic (exact) mass is 236 g/mol. The van der Waals surface area contributed by atoms with E-state index in [0.29, 0.717) is 6.54 Å². The molecule has 1 aromatic heterocycles.